The molecule has 6 heteroatoms. The van der Waals surface area contributed by atoms with Crippen molar-refractivity contribution < 1.29 is 18.7 Å². The van der Waals surface area contributed by atoms with E-state index in [1.54, 1.807) is 37.4 Å². The van der Waals surface area contributed by atoms with Crippen molar-refractivity contribution >= 4 is 29.2 Å². The van der Waals surface area contributed by atoms with Gasteiger partial charge in [-0.2, -0.15) is 0 Å². The Labute approximate surface area is 167 Å². The summed E-state index contributed by atoms with van der Waals surface area (Å²) in [7, 11) is 1.64. The highest BCUT2D eigenvalue weighted by Crippen LogP contribution is 2.21. The molecule has 3 aromatic rings. The van der Waals surface area contributed by atoms with Crippen molar-refractivity contribution in [2.45, 2.75) is 6.61 Å². The Balaban J connectivity index is 1.79. The smallest absolute Gasteiger partial charge is 0.339 e. The maximum Gasteiger partial charge on any atom is 0.339 e. The molecule has 0 heterocycles. The van der Waals surface area contributed by atoms with Gasteiger partial charge >= 0.3 is 5.97 Å². The Morgan fingerprint density at radius 1 is 0.964 bits per heavy atom. The summed E-state index contributed by atoms with van der Waals surface area (Å²) in [4.78, 5) is 26.9. The number of esters is 1. The average Bonchev–Trinajstić information content (AvgIpc) is 2.72. The molecule has 4 nitrogen and oxygen atoms in total. The molecule has 0 aromatic heterocycles. The van der Waals surface area contributed by atoms with Gasteiger partial charge in [-0.25, -0.2) is 9.18 Å². The van der Waals surface area contributed by atoms with Crippen LogP contribution in [0.1, 0.15) is 26.3 Å². The third kappa shape index (κ3) is 4.38. The summed E-state index contributed by atoms with van der Waals surface area (Å²) in [5.74, 6) is -1.47. The molecular weight excluding hydrogens is 381 g/mol. The van der Waals surface area contributed by atoms with Crippen molar-refractivity contribution in [2.24, 2.45) is 0 Å². The maximum absolute atomic E-state index is 13.1. The first-order chi connectivity index (χ1) is 13.5. The minimum atomic E-state index is -0.661. The summed E-state index contributed by atoms with van der Waals surface area (Å²) in [6.07, 6.45) is 0. The molecule has 0 saturated heterocycles. The number of carbonyl (C=O) groups excluding carboxylic acids is 2. The van der Waals surface area contributed by atoms with Crippen LogP contribution in [0, 0.1) is 5.82 Å². The fourth-order valence-electron chi connectivity index (χ4n) is 2.66. The predicted molar refractivity (Wildman–Crippen MR) is 106 cm³/mol. The van der Waals surface area contributed by atoms with Gasteiger partial charge in [0, 0.05) is 18.3 Å². The molecule has 0 aliphatic carbocycles. The molecule has 0 fully saturated rings. The SMILES string of the molecule is CN(C(=O)c1ccccc1C(=O)OCc1ccc(F)cc1Cl)c1ccccc1. The van der Waals surface area contributed by atoms with E-state index < -0.39 is 11.8 Å². The number of para-hydroxylation sites is 1. The lowest BCUT2D eigenvalue weighted by Gasteiger charge is -2.19. The molecule has 28 heavy (non-hydrogen) atoms. The molecule has 0 saturated carbocycles. The van der Waals surface area contributed by atoms with Crippen LogP contribution in [-0.2, 0) is 11.3 Å². The number of ether oxygens (including phenoxy) is 1. The Kier molecular flexibility index (Phi) is 6.06. The molecule has 142 valence electrons. The average molecular weight is 398 g/mol. The van der Waals surface area contributed by atoms with Crippen molar-refractivity contribution in [2.75, 3.05) is 11.9 Å². The van der Waals surface area contributed by atoms with Gasteiger partial charge in [-0.05, 0) is 36.4 Å². The summed E-state index contributed by atoms with van der Waals surface area (Å²) in [5, 5.41) is 0.168. The summed E-state index contributed by atoms with van der Waals surface area (Å²) < 4.78 is 18.4. The first kappa shape index (κ1) is 19.6. The number of anilines is 1. The van der Waals surface area contributed by atoms with Crippen molar-refractivity contribution in [3.8, 4) is 0 Å². The molecule has 3 aromatic carbocycles. The number of amides is 1. The van der Waals surface area contributed by atoms with E-state index >= 15 is 0 Å². The van der Waals surface area contributed by atoms with E-state index in [1.807, 2.05) is 18.2 Å². The van der Waals surface area contributed by atoms with E-state index in [0.29, 0.717) is 11.3 Å². The highest BCUT2D eigenvalue weighted by atomic mass is 35.5. The zero-order valence-electron chi connectivity index (χ0n) is 15.1. The molecule has 0 aliphatic rings. The Bertz CT molecular complexity index is 1010. The number of hydrogen-bond donors (Lipinski definition) is 0. The summed E-state index contributed by atoms with van der Waals surface area (Å²) in [5.41, 5.74) is 1.55. The van der Waals surface area contributed by atoms with Crippen LogP contribution in [0.4, 0.5) is 10.1 Å². The third-order valence-corrected chi connectivity index (χ3v) is 4.55. The zero-order chi connectivity index (χ0) is 20.1. The zero-order valence-corrected chi connectivity index (χ0v) is 15.8. The molecule has 0 radical (unpaired) electrons. The van der Waals surface area contributed by atoms with Crippen molar-refractivity contribution in [1.29, 1.82) is 0 Å². The fraction of sp³-hybridized carbons (Fsp3) is 0.0909. The van der Waals surface area contributed by atoms with Crippen molar-refractivity contribution in [3.05, 3.63) is 100 Å². The standard InChI is InChI=1S/C22H17ClFNO3/c1-25(17-7-3-2-4-8-17)21(26)18-9-5-6-10-19(18)22(27)28-14-15-11-12-16(24)13-20(15)23/h2-13H,14H2,1H3. The van der Waals surface area contributed by atoms with Gasteiger partial charge in [0.05, 0.1) is 16.1 Å². The summed E-state index contributed by atoms with van der Waals surface area (Å²) in [6.45, 7) is -0.130. The molecule has 0 aliphatic heterocycles. The Hall–Kier alpha value is -3.18. The minimum absolute atomic E-state index is 0.130. The Morgan fingerprint density at radius 2 is 1.61 bits per heavy atom. The topological polar surface area (TPSA) is 46.6 Å². The van der Waals surface area contributed by atoms with E-state index in [-0.39, 0.29) is 28.7 Å². The van der Waals surface area contributed by atoms with Gasteiger partial charge in [0.25, 0.3) is 5.91 Å². The largest absolute Gasteiger partial charge is 0.457 e. The minimum Gasteiger partial charge on any atom is -0.457 e. The third-order valence-electron chi connectivity index (χ3n) is 4.20. The quantitative estimate of drug-likeness (QED) is 0.562. The van der Waals surface area contributed by atoms with E-state index in [4.69, 9.17) is 16.3 Å². The molecule has 1 amide bonds. The molecule has 3 rings (SSSR count). The second kappa shape index (κ2) is 8.67. The van der Waals surface area contributed by atoms with Crippen molar-refractivity contribution in [1.82, 2.24) is 0 Å². The second-order valence-corrected chi connectivity index (χ2v) is 6.46. The number of nitrogens with zero attached hydrogens (tertiary/aromatic N) is 1. The molecule has 0 unspecified atom stereocenters. The lowest BCUT2D eigenvalue weighted by molar-refractivity contribution is 0.0470. The fourth-order valence-corrected chi connectivity index (χ4v) is 2.88. The van der Waals surface area contributed by atoms with Gasteiger partial charge in [0.15, 0.2) is 0 Å². The maximum atomic E-state index is 13.1. The number of hydrogen-bond acceptors (Lipinski definition) is 3. The molecule has 0 N–H and O–H groups in total. The first-order valence-electron chi connectivity index (χ1n) is 8.50. The van der Waals surface area contributed by atoms with E-state index in [0.717, 1.165) is 6.07 Å². The highest BCUT2D eigenvalue weighted by Gasteiger charge is 2.21. The Morgan fingerprint density at radius 3 is 2.29 bits per heavy atom. The molecular formula is C22H17ClFNO3. The first-order valence-corrected chi connectivity index (χ1v) is 8.88. The van der Waals surface area contributed by atoms with Gasteiger partial charge in [0.1, 0.15) is 12.4 Å². The molecule has 0 bridgehead atoms. The van der Waals surface area contributed by atoms with Crippen LogP contribution >= 0.6 is 11.6 Å². The van der Waals surface area contributed by atoms with Crippen LogP contribution in [0.3, 0.4) is 0 Å². The van der Waals surface area contributed by atoms with Gasteiger partial charge < -0.3 is 9.64 Å². The van der Waals surface area contributed by atoms with E-state index in [9.17, 15) is 14.0 Å². The van der Waals surface area contributed by atoms with Gasteiger partial charge in [-0.15, -0.1) is 0 Å². The summed E-state index contributed by atoms with van der Waals surface area (Å²) >= 11 is 5.96. The molecule has 0 spiro atoms. The van der Waals surface area contributed by atoms with E-state index in [2.05, 4.69) is 0 Å². The lowest BCUT2D eigenvalue weighted by atomic mass is 10.1. The highest BCUT2D eigenvalue weighted by molar-refractivity contribution is 6.31. The van der Waals surface area contributed by atoms with Gasteiger partial charge in [-0.3, -0.25) is 4.79 Å². The van der Waals surface area contributed by atoms with Gasteiger partial charge in [0.2, 0.25) is 0 Å². The lowest BCUT2D eigenvalue weighted by Crippen LogP contribution is -2.28. The number of benzene rings is 3. The number of rotatable bonds is 5. The number of halogens is 2. The van der Waals surface area contributed by atoms with Gasteiger partial charge in [-0.1, -0.05) is 48.0 Å². The van der Waals surface area contributed by atoms with Crippen LogP contribution in [0.25, 0.3) is 0 Å². The van der Waals surface area contributed by atoms with Crippen LogP contribution in [-0.4, -0.2) is 18.9 Å². The van der Waals surface area contributed by atoms with E-state index in [1.165, 1.54) is 23.1 Å². The molecule has 0 atom stereocenters. The monoisotopic (exact) mass is 397 g/mol. The van der Waals surface area contributed by atoms with Crippen LogP contribution in [0.5, 0.6) is 0 Å². The van der Waals surface area contributed by atoms with Crippen molar-refractivity contribution in [3.63, 3.8) is 0 Å². The van der Waals surface area contributed by atoms with Crippen LogP contribution in [0.2, 0.25) is 5.02 Å². The second-order valence-electron chi connectivity index (χ2n) is 6.06. The number of carbonyl (C=O) groups is 2. The predicted octanol–water partition coefficient (Wildman–Crippen LogP) is 5.11. The normalized spacial score (nSPS) is 10.4. The van der Waals surface area contributed by atoms with Crippen LogP contribution in [0.15, 0.2) is 72.8 Å². The van der Waals surface area contributed by atoms with Crippen LogP contribution < -0.4 is 4.90 Å². The summed E-state index contributed by atoms with van der Waals surface area (Å²) in [6, 6.07) is 19.4.